The maximum absolute atomic E-state index is 6.03. The van der Waals surface area contributed by atoms with Crippen molar-refractivity contribution in [2.75, 3.05) is 13.1 Å². The van der Waals surface area contributed by atoms with Gasteiger partial charge in [0.05, 0.1) is 17.7 Å². The van der Waals surface area contributed by atoms with Crippen molar-refractivity contribution < 1.29 is 4.74 Å². The quantitative estimate of drug-likeness (QED) is 0.412. The van der Waals surface area contributed by atoms with Crippen LogP contribution in [0, 0.1) is 13.8 Å². The fraction of sp³-hybridized carbons (Fsp3) is 0.273. The molecular weight excluding hydrogens is 372 g/mol. The number of rotatable bonds is 5. The first-order valence-electron chi connectivity index (χ1n) is 9.47. The molecule has 1 aliphatic rings. The topological polar surface area (TPSA) is 42.6 Å². The highest BCUT2D eigenvalue weighted by molar-refractivity contribution is 6.30. The molecule has 1 saturated heterocycles. The number of aromatic nitrogens is 2. The van der Waals surface area contributed by atoms with Crippen molar-refractivity contribution in [1.29, 1.82) is 0 Å². The molecule has 0 spiro atoms. The molecule has 1 fully saturated rings. The number of nitrogens with zero attached hydrogens (tertiary/aromatic N) is 4. The van der Waals surface area contributed by atoms with E-state index in [1.54, 1.807) is 4.68 Å². The van der Waals surface area contributed by atoms with Gasteiger partial charge in [-0.2, -0.15) is 0 Å². The van der Waals surface area contributed by atoms with Crippen LogP contribution < -0.4 is 4.74 Å². The summed E-state index contributed by atoms with van der Waals surface area (Å²) in [5.41, 5.74) is 4.01. The summed E-state index contributed by atoms with van der Waals surface area (Å²) in [6, 6.07) is 13.5. The molecule has 0 unspecified atom stereocenters. The number of aliphatic imine (C=N–C) groups is 1. The molecule has 0 bridgehead atoms. The third kappa shape index (κ3) is 4.20. The molecule has 0 amide bonds. The molecule has 0 saturated carbocycles. The fourth-order valence-electron chi connectivity index (χ4n) is 3.24. The van der Waals surface area contributed by atoms with Crippen LogP contribution in [0.15, 0.2) is 53.7 Å². The van der Waals surface area contributed by atoms with Crippen LogP contribution in [-0.4, -0.2) is 34.1 Å². The second-order valence-corrected chi connectivity index (χ2v) is 7.51. The molecule has 6 heteroatoms. The Morgan fingerprint density at radius 1 is 1.04 bits per heavy atom. The standard InChI is InChI=1S/C22H23ClN4O/c1-16-14-21(17(2)13-20(16)24-15-26-10-3-4-11-26)28-22-9-12-27(25-22)19-7-5-18(23)6-8-19/h5-9,12-15H,3-4,10-11H2,1-2H3. The maximum Gasteiger partial charge on any atom is 0.238 e. The molecular formula is C22H23ClN4O. The van der Waals surface area contributed by atoms with Crippen LogP contribution in [-0.2, 0) is 0 Å². The Kier molecular flexibility index (Phi) is 5.35. The van der Waals surface area contributed by atoms with Crippen LogP contribution in [0.1, 0.15) is 24.0 Å². The van der Waals surface area contributed by atoms with E-state index in [9.17, 15) is 0 Å². The molecule has 2 heterocycles. The van der Waals surface area contributed by atoms with Gasteiger partial charge in [0, 0.05) is 30.4 Å². The Labute approximate surface area is 170 Å². The lowest BCUT2D eigenvalue weighted by Crippen LogP contribution is -2.16. The van der Waals surface area contributed by atoms with Gasteiger partial charge in [-0.3, -0.25) is 0 Å². The van der Waals surface area contributed by atoms with E-state index >= 15 is 0 Å². The van der Waals surface area contributed by atoms with E-state index in [1.165, 1.54) is 12.8 Å². The zero-order chi connectivity index (χ0) is 19.5. The highest BCUT2D eigenvalue weighted by Crippen LogP contribution is 2.31. The minimum absolute atomic E-state index is 0.547. The lowest BCUT2D eigenvalue weighted by molar-refractivity contribution is 0.454. The van der Waals surface area contributed by atoms with E-state index in [-0.39, 0.29) is 0 Å². The number of aryl methyl sites for hydroxylation is 2. The predicted octanol–water partition coefficient (Wildman–Crippen LogP) is 5.69. The van der Waals surface area contributed by atoms with Crippen molar-refractivity contribution >= 4 is 23.6 Å². The zero-order valence-corrected chi connectivity index (χ0v) is 16.9. The molecule has 0 radical (unpaired) electrons. The molecule has 0 aliphatic carbocycles. The molecule has 4 rings (SSSR count). The van der Waals surface area contributed by atoms with Crippen molar-refractivity contribution in [2.24, 2.45) is 4.99 Å². The summed E-state index contributed by atoms with van der Waals surface area (Å²) in [5, 5.41) is 5.20. The van der Waals surface area contributed by atoms with Crippen molar-refractivity contribution in [1.82, 2.24) is 14.7 Å². The summed E-state index contributed by atoms with van der Waals surface area (Å²) in [6.45, 7) is 6.27. The maximum atomic E-state index is 6.03. The predicted molar refractivity (Wildman–Crippen MR) is 114 cm³/mol. The Hall–Kier alpha value is -2.79. The van der Waals surface area contributed by atoms with Gasteiger partial charge in [-0.1, -0.05) is 11.6 Å². The smallest absolute Gasteiger partial charge is 0.238 e. The summed E-state index contributed by atoms with van der Waals surface area (Å²) in [7, 11) is 0. The number of hydrogen-bond acceptors (Lipinski definition) is 3. The van der Waals surface area contributed by atoms with Crippen LogP contribution in [0.3, 0.4) is 0 Å². The number of halogens is 1. The highest BCUT2D eigenvalue weighted by Gasteiger charge is 2.10. The van der Waals surface area contributed by atoms with Crippen molar-refractivity contribution in [3.8, 4) is 17.3 Å². The van der Waals surface area contributed by atoms with Crippen LogP contribution >= 0.6 is 11.6 Å². The number of likely N-dealkylation sites (tertiary alicyclic amines) is 1. The average molecular weight is 395 g/mol. The molecule has 0 atom stereocenters. The Bertz CT molecular complexity index is 988. The first-order chi connectivity index (χ1) is 13.6. The van der Waals surface area contributed by atoms with E-state index in [0.29, 0.717) is 10.9 Å². The number of hydrogen-bond donors (Lipinski definition) is 0. The molecule has 1 aliphatic heterocycles. The summed E-state index contributed by atoms with van der Waals surface area (Å²) in [4.78, 5) is 6.93. The molecule has 5 nitrogen and oxygen atoms in total. The first kappa shape index (κ1) is 18.6. The van der Waals surface area contributed by atoms with Gasteiger partial charge in [0.25, 0.3) is 0 Å². The Morgan fingerprint density at radius 2 is 1.79 bits per heavy atom. The summed E-state index contributed by atoms with van der Waals surface area (Å²) in [5.74, 6) is 1.34. The van der Waals surface area contributed by atoms with Gasteiger partial charge in [0.1, 0.15) is 5.75 Å². The van der Waals surface area contributed by atoms with E-state index in [1.807, 2.05) is 55.9 Å². The summed E-state index contributed by atoms with van der Waals surface area (Å²) >= 11 is 5.95. The molecule has 3 aromatic rings. The normalized spacial score (nSPS) is 14.2. The lowest BCUT2D eigenvalue weighted by atomic mass is 10.1. The third-order valence-electron chi connectivity index (χ3n) is 4.86. The minimum atomic E-state index is 0.547. The van der Waals surface area contributed by atoms with Crippen molar-refractivity contribution in [3.63, 3.8) is 0 Å². The monoisotopic (exact) mass is 394 g/mol. The zero-order valence-electron chi connectivity index (χ0n) is 16.1. The van der Waals surface area contributed by atoms with Crippen LogP contribution in [0.25, 0.3) is 5.69 Å². The summed E-state index contributed by atoms with van der Waals surface area (Å²) in [6.07, 6.45) is 6.33. The average Bonchev–Trinajstić information content (AvgIpc) is 3.36. The second-order valence-electron chi connectivity index (χ2n) is 7.07. The van der Waals surface area contributed by atoms with Gasteiger partial charge in [0.2, 0.25) is 5.88 Å². The van der Waals surface area contributed by atoms with Gasteiger partial charge < -0.3 is 9.64 Å². The highest BCUT2D eigenvalue weighted by atomic mass is 35.5. The molecule has 0 N–H and O–H groups in total. The van der Waals surface area contributed by atoms with Crippen LogP contribution in [0.2, 0.25) is 5.02 Å². The van der Waals surface area contributed by atoms with Gasteiger partial charge in [-0.15, -0.1) is 5.10 Å². The first-order valence-corrected chi connectivity index (χ1v) is 9.85. The Balaban J connectivity index is 1.50. The minimum Gasteiger partial charge on any atom is -0.437 e. The van der Waals surface area contributed by atoms with E-state index in [2.05, 4.69) is 28.0 Å². The number of ether oxygens (including phenoxy) is 1. The fourth-order valence-corrected chi connectivity index (χ4v) is 3.36. The third-order valence-corrected chi connectivity index (χ3v) is 5.12. The van der Waals surface area contributed by atoms with Gasteiger partial charge in [0.15, 0.2) is 0 Å². The lowest BCUT2D eigenvalue weighted by Gasteiger charge is -2.12. The molecule has 28 heavy (non-hydrogen) atoms. The second kappa shape index (κ2) is 8.07. The molecule has 2 aromatic carbocycles. The SMILES string of the molecule is Cc1cc(Oc2ccn(-c3ccc(Cl)cc3)n2)c(C)cc1N=CN1CCCC1. The van der Waals surface area contributed by atoms with Crippen LogP contribution in [0.5, 0.6) is 11.6 Å². The van der Waals surface area contributed by atoms with Gasteiger partial charge >= 0.3 is 0 Å². The van der Waals surface area contributed by atoms with Gasteiger partial charge in [-0.25, -0.2) is 9.67 Å². The summed E-state index contributed by atoms with van der Waals surface area (Å²) < 4.78 is 7.79. The Morgan fingerprint density at radius 3 is 2.54 bits per heavy atom. The van der Waals surface area contributed by atoms with E-state index in [0.717, 1.165) is 41.3 Å². The van der Waals surface area contributed by atoms with E-state index in [4.69, 9.17) is 16.3 Å². The largest absolute Gasteiger partial charge is 0.437 e. The van der Waals surface area contributed by atoms with Gasteiger partial charge in [-0.05, 0) is 74.2 Å². The van der Waals surface area contributed by atoms with Crippen molar-refractivity contribution in [3.05, 3.63) is 64.8 Å². The van der Waals surface area contributed by atoms with Crippen molar-refractivity contribution in [2.45, 2.75) is 26.7 Å². The number of benzene rings is 2. The molecule has 144 valence electrons. The van der Waals surface area contributed by atoms with Crippen LogP contribution in [0.4, 0.5) is 5.69 Å². The molecule has 1 aromatic heterocycles. The van der Waals surface area contributed by atoms with E-state index < -0.39 is 0 Å².